The first-order chi connectivity index (χ1) is 18.6. The number of nitrogens with one attached hydrogen (secondary N) is 1. The monoisotopic (exact) mass is 532 g/mol. The lowest BCUT2D eigenvalue weighted by Crippen LogP contribution is -2.51. The number of hydrogen-bond donors (Lipinski definition) is 1. The average Bonchev–Trinajstić information content (AvgIpc) is 3.74. The van der Waals surface area contributed by atoms with Crippen LogP contribution in [-0.4, -0.2) is 53.7 Å². The van der Waals surface area contributed by atoms with Gasteiger partial charge >= 0.3 is 6.09 Å². The molecule has 2 aliphatic heterocycles. The first-order valence-corrected chi connectivity index (χ1v) is 13.9. The molecule has 1 aliphatic carbocycles. The number of pyridine rings is 1. The van der Waals surface area contributed by atoms with Crippen molar-refractivity contribution in [3.63, 3.8) is 0 Å². The quantitative estimate of drug-likeness (QED) is 0.505. The van der Waals surface area contributed by atoms with E-state index in [1.807, 2.05) is 43.9 Å². The van der Waals surface area contributed by atoms with Crippen molar-refractivity contribution in [3.05, 3.63) is 53.6 Å². The normalized spacial score (nSPS) is 23.0. The number of rotatable bonds is 5. The van der Waals surface area contributed by atoms with E-state index in [4.69, 9.17) is 9.47 Å². The Hall–Kier alpha value is -3.55. The van der Waals surface area contributed by atoms with Crippen LogP contribution in [0.3, 0.4) is 0 Å². The number of aromatic nitrogens is 1. The van der Waals surface area contributed by atoms with Gasteiger partial charge in [0.05, 0.1) is 13.2 Å². The Morgan fingerprint density at radius 2 is 1.90 bits per heavy atom. The van der Waals surface area contributed by atoms with Crippen LogP contribution in [0.2, 0.25) is 0 Å². The highest BCUT2D eigenvalue weighted by Crippen LogP contribution is 2.50. The van der Waals surface area contributed by atoms with Crippen molar-refractivity contribution < 1.29 is 19.1 Å². The molecule has 2 aromatic rings. The molecular weight excluding hydrogens is 492 g/mol. The molecule has 1 N–H and O–H groups in total. The summed E-state index contributed by atoms with van der Waals surface area (Å²) >= 11 is 0. The summed E-state index contributed by atoms with van der Waals surface area (Å²) < 4.78 is 10.9. The van der Waals surface area contributed by atoms with Gasteiger partial charge < -0.3 is 24.6 Å². The molecule has 8 heteroatoms. The minimum atomic E-state index is -0.517. The van der Waals surface area contributed by atoms with Crippen molar-refractivity contribution in [2.24, 2.45) is 11.8 Å². The second-order valence-corrected chi connectivity index (χ2v) is 11.9. The van der Waals surface area contributed by atoms with Crippen molar-refractivity contribution in [2.75, 3.05) is 30.4 Å². The lowest BCUT2D eigenvalue weighted by molar-refractivity contribution is -0.117. The molecule has 3 heterocycles. The predicted molar refractivity (Wildman–Crippen MR) is 153 cm³/mol. The number of anilines is 2. The van der Waals surface area contributed by atoms with Crippen LogP contribution in [0.1, 0.15) is 71.0 Å². The minimum absolute atomic E-state index is 0.0248. The van der Waals surface area contributed by atoms with Crippen LogP contribution in [0, 0.1) is 11.8 Å². The van der Waals surface area contributed by atoms with Crippen LogP contribution < -0.4 is 15.0 Å². The lowest BCUT2D eigenvalue weighted by atomic mass is 9.79. The van der Waals surface area contributed by atoms with Crippen LogP contribution in [0.15, 0.2) is 42.5 Å². The molecule has 0 radical (unpaired) electrons. The zero-order chi connectivity index (χ0) is 27.9. The van der Waals surface area contributed by atoms with Gasteiger partial charge in [-0.3, -0.25) is 4.79 Å². The molecule has 1 saturated carbocycles. The maximum atomic E-state index is 13.0. The Bertz CT molecular complexity index is 1280. The molecule has 39 heavy (non-hydrogen) atoms. The van der Waals surface area contributed by atoms with Crippen LogP contribution in [0.5, 0.6) is 5.88 Å². The van der Waals surface area contributed by atoms with Crippen molar-refractivity contribution in [2.45, 2.75) is 71.6 Å². The van der Waals surface area contributed by atoms with E-state index in [0.717, 1.165) is 41.9 Å². The highest BCUT2D eigenvalue weighted by Gasteiger charge is 2.47. The molecule has 1 aromatic carbocycles. The number of carbonyl (C=O) groups excluding carboxylic acids is 2. The van der Waals surface area contributed by atoms with Gasteiger partial charge in [-0.1, -0.05) is 25.1 Å². The summed E-state index contributed by atoms with van der Waals surface area (Å²) in [5, 5.41) is 3.69. The van der Waals surface area contributed by atoms with E-state index in [1.54, 1.807) is 18.9 Å². The number of carbonyl (C=O) groups is 2. The van der Waals surface area contributed by atoms with Crippen LogP contribution >= 0.6 is 0 Å². The van der Waals surface area contributed by atoms with Gasteiger partial charge in [0, 0.05) is 43.7 Å². The van der Waals surface area contributed by atoms with E-state index in [-0.39, 0.29) is 30.0 Å². The fraction of sp³-hybridized carbons (Fsp3) is 0.516. The fourth-order valence-corrected chi connectivity index (χ4v) is 5.96. The molecule has 0 bridgehead atoms. The first-order valence-electron chi connectivity index (χ1n) is 13.9. The first kappa shape index (κ1) is 27.0. The van der Waals surface area contributed by atoms with Gasteiger partial charge in [0.1, 0.15) is 11.4 Å². The maximum Gasteiger partial charge on any atom is 0.410 e. The van der Waals surface area contributed by atoms with Gasteiger partial charge in [0.2, 0.25) is 11.8 Å². The number of benzene rings is 1. The molecule has 208 valence electrons. The van der Waals surface area contributed by atoms with Gasteiger partial charge in [-0.15, -0.1) is 0 Å². The summed E-state index contributed by atoms with van der Waals surface area (Å²) in [5.41, 5.74) is 3.85. The topological polar surface area (TPSA) is 84.0 Å². The Morgan fingerprint density at radius 3 is 2.51 bits per heavy atom. The molecule has 5 rings (SSSR count). The predicted octanol–water partition coefficient (Wildman–Crippen LogP) is 6.05. The van der Waals surface area contributed by atoms with Gasteiger partial charge in [-0.2, -0.15) is 4.98 Å². The maximum absolute atomic E-state index is 13.0. The number of amides is 2. The third-order valence-electron chi connectivity index (χ3n) is 7.90. The summed E-state index contributed by atoms with van der Waals surface area (Å²) in [7, 11) is 1.62. The second-order valence-electron chi connectivity index (χ2n) is 11.9. The molecule has 1 fully saturated rings. The van der Waals surface area contributed by atoms with Gasteiger partial charge in [-0.05, 0) is 80.9 Å². The Labute approximate surface area is 231 Å². The molecule has 8 nitrogen and oxygen atoms in total. The molecule has 0 unspecified atom stereocenters. The fourth-order valence-electron chi connectivity index (χ4n) is 5.96. The van der Waals surface area contributed by atoms with Gasteiger partial charge in [-0.25, -0.2) is 4.79 Å². The zero-order valence-corrected chi connectivity index (χ0v) is 23.9. The minimum Gasteiger partial charge on any atom is -0.481 e. The van der Waals surface area contributed by atoms with Crippen molar-refractivity contribution in [1.82, 2.24) is 9.88 Å². The van der Waals surface area contributed by atoms with E-state index in [9.17, 15) is 9.59 Å². The van der Waals surface area contributed by atoms with E-state index >= 15 is 0 Å². The second kappa shape index (κ2) is 10.5. The van der Waals surface area contributed by atoms with Gasteiger partial charge in [0.15, 0.2) is 0 Å². The van der Waals surface area contributed by atoms with Crippen molar-refractivity contribution in [1.29, 1.82) is 0 Å². The molecule has 0 spiro atoms. The van der Waals surface area contributed by atoms with E-state index in [0.29, 0.717) is 24.9 Å². The molecule has 0 saturated heterocycles. The number of ether oxygens (including phenoxy) is 2. The van der Waals surface area contributed by atoms with Gasteiger partial charge in [0.25, 0.3) is 0 Å². The van der Waals surface area contributed by atoms with E-state index < -0.39 is 5.60 Å². The van der Waals surface area contributed by atoms with Crippen molar-refractivity contribution >= 4 is 29.1 Å². The summed E-state index contributed by atoms with van der Waals surface area (Å²) in [6, 6.07) is 12.3. The highest BCUT2D eigenvalue weighted by atomic mass is 16.6. The van der Waals surface area contributed by atoms with Crippen LogP contribution in [0.25, 0.3) is 5.57 Å². The lowest BCUT2D eigenvalue weighted by Gasteiger charge is -2.46. The highest BCUT2D eigenvalue weighted by molar-refractivity contribution is 5.94. The Kier molecular flexibility index (Phi) is 7.31. The Morgan fingerprint density at radius 1 is 1.13 bits per heavy atom. The molecule has 3 aliphatic rings. The summed E-state index contributed by atoms with van der Waals surface area (Å²) in [5.74, 6) is 2.08. The third-order valence-corrected chi connectivity index (χ3v) is 7.90. The van der Waals surface area contributed by atoms with Crippen molar-refractivity contribution in [3.8, 4) is 5.88 Å². The molecule has 1 aromatic heterocycles. The standard InChI is InChI=1S/C31H40N4O4/c1-19-28(33-26-8-7-9-27(32-26)38-6)24-18-23(12-13-25(24)35(20(2)36)29(19)22-10-11-22)21-14-16-34(17-15-21)30(37)39-31(3,4)5/h7-9,12-14,18-19,22,28-29H,10-11,15-17H2,1-6H3,(H,32,33)/t19-,28-,29-/m1/s1. The average molecular weight is 533 g/mol. The van der Waals surface area contributed by atoms with Crippen LogP contribution in [-0.2, 0) is 9.53 Å². The van der Waals surface area contributed by atoms with E-state index in [2.05, 4.69) is 41.5 Å². The SMILES string of the molecule is COc1cccc(N[C@H]2c3cc(C4=CCN(C(=O)OC(C)(C)C)CC4)ccc3N(C(C)=O)[C@@H](C3CC3)[C@@H]2C)n1. The van der Waals surface area contributed by atoms with Crippen LogP contribution in [0.4, 0.5) is 16.3 Å². The third kappa shape index (κ3) is 5.75. The number of methoxy groups -OCH3 is 1. The molecule has 2 amide bonds. The number of hydrogen-bond acceptors (Lipinski definition) is 6. The van der Waals surface area contributed by atoms with E-state index in [1.165, 1.54) is 5.57 Å². The number of fused-ring (bicyclic) bond motifs is 1. The number of nitrogens with zero attached hydrogens (tertiary/aromatic N) is 3. The summed E-state index contributed by atoms with van der Waals surface area (Å²) in [6.07, 6.45) is 4.87. The summed E-state index contributed by atoms with van der Waals surface area (Å²) in [4.78, 5) is 33.9. The smallest absolute Gasteiger partial charge is 0.410 e. The molecule has 3 atom stereocenters. The Balaban J connectivity index is 1.48. The largest absolute Gasteiger partial charge is 0.481 e. The molecular formula is C31H40N4O4. The zero-order valence-electron chi connectivity index (χ0n) is 23.9. The summed E-state index contributed by atoms with van der Waals surface area (Å²) in [6.45, 7) is 10.7.